The first-order chi connectivity index (χ1) is 9.74. The minimum absolute atomic E-state index is 0.359. The fourth-order valence-electron chi connectivity index (χ4n) is 2.72. The van der Waals surface area contributed by atoms with Crippen molar-refractivity contribution in [2.24, 2.45) is 7.05 Å². The molecule has 1 N–H and O–H groups in total. The predicted octanol–water partition coefficient (Wildman–Crippen LogP) is 2.22. The van der Waals surface area contributed by atoms with E-state index in [0.717, 1.165) is 31.2 Å². The molecule has 0 aliphatic carbocycles. The van der Waals surface area contributed by atoms with Crippen LogP contribution < -0.4 is 5.32 Å². The number of nitrogens with one attached hydrogen (secondary N) is 1. The molecule has 2 heterocycles. The third-order valence-corrected chi connectivity index (χ3v) is 4.10. The van der Waals surface area contributed by atoms with Crippen LogP contribution in [0.1, 0.15) is 17.3 Å². The van der Waals surface area contributed by atoms with Gasteiger partial charge in [-0.05, 0) is 17.7 Å². The van der Waals surface area contributed by atoms with Crippen molar-refractivity contribution in [1.29, 1.82) is 0 Å². The minimum atomic E-state index is 0.359. The van der Waals surface area contributed by atoms with Crippen molar-refractivity contribution in [3.05, 3.63) is 53.1 Å². The van der Waals surface area contributed by atoms with Gasteiger partial charge in [-0.25, -0.2) is 4.98 Å². The van der Waals surface area contributed by atoms with Gasteiger partial charge in [-0.1, -0.05) is 23.7 Å². The fourth-order valence-corrected chi connectivity index (χ4v) is 2.92. The molecule has 0 amide bonds. The Morgan fingerprint density at radius 1 is 1.45 bits per heavy atom. The summed E-state index contributed by atoms with van der Waals surface area (Å²) in [6.45, 7) is 3.92. The highest BCUT2D eigenvalue weighted by molar-refractivity contribution is 6.30. The molecule has 1 aliphatic rings. The number of hydrogen-bond acceptors (Lipinski definition) is 3. The lowest BCUT2D eigenvalue weighted by atomic mass is 10.0. The molecule has 1 aromatic carbocycles. The van der Waals surface area contributed by atoms with Gasteiger partial charge in [-0.15, -0.1) is 0 Å². The average Bonchev–Trinajstić information content (AvgIpc) is 2.85. The molecule has 1 saturated heterocycles. The highest BCUT2D eigenvalue weighted by Gasteiger charge is 2.24. The molecule has 1 aromatic heterocycles. The number of aryl methyl sites for hydroxylation is 1. The van der Waals surface area contributed by atoms with Crippen LogP contribution >= 0.6 is 11.6 Å². The molecule has 0 radical (unpaired) electrons. The minimum Gasteiger partial charge on any atom is -0.337 e. The first-order valence-corrected chi connectivity index (χ1v) is 7.27. The van der Waals surface area contributed by atoms with Crippen molar-refractivity contribution < 1.29 is 0 Å². The van der Waals surface area contributed by atoms with Gasteiger partial charge in [0.05, 0.1) is 12.0 Å². The van der Waals surface area contributed by atoms with Crippen molar-refractivity contribution in [2.75, 3.05) is 19.6 Å². The Hall–Kier alpha value is -1.36. The largest absolute Gasteiger partial charge is 0.337 e. The van der Waals surface area contributed by atoms with Crippen molar-refractivity contribution in [1.82, 2.24) is 19.8 Å². The smallest absolute Gasteiger partial charge is 0.0945 e. The molecule has 4 nitrogen and oxygen atoms in total. The van der Waals surface area contributed by atoms with E-state index in [4.69, 9.17) is 11.6 Å². The summed E-state index contributed by atoms with van der Waals surface area (Å²) in [5, 5.41) is 4.27. The highest BCUT2D eigenvalue weighted by atomic mass is 35.5. The van der Waals surface area contributed by atoms with Crippen LogP contribution in [0, 0.1) is 0 Å². The van der Waals surface area contributed by atoms with Gasteiger partial charge >= 0.3 is 0 Å². The second-order valence-corrected chi connectivity index (χ2v) is 5.68. The van der Waals surface area contributed by atoms with E-state index < -0.39 is 0 Å². The summed E-state index contributed by atoms with van der Waals surface area (Å²) in [6.07, 6.45) is 3.79. The van der Waals surface area contributed by atoms with Gasteiger partial charge in [0.2, 0.25) is 0 Å². The predicted molar refractivity (Wildman–Crippen MR) is 80.7 cm³/mol. The molecule has 1 fully saturated rings. The second-order valence-electron chi connectivity index (χ2n) is 5.24. The molecule has 106 valence electrons. The van der Waals surface area contributed by atoms with Gasteiger partial charge in [-0.3, -0.25) is 4.90 Å². The molecule has 5 heteroatoms. The summed E-state index contributed by atoms with van der Waals surface area (Å²) in [4.78, 5) is 6.68. The Bertz CT molecular complexity index is 581. The second kappa shape index (κ2) is 5.95. The van der Waals surface area contributed by atoms with Crippen molar-refractivity contribution in [3.8, 4) is 0 Å². The molecule has 0 saturated carbocycles. The Morgan fingerprint density at radius 2 is 2.35 bits per heavy atom. The Kier molecular flexibility index (Phi) is 4.05. The summed E-state index contributed by atoms with van der Waals surface area (Å²) in [5.41, 5.74) is 2.51. The van der Waals surface area contributed by atoms with E-state index in [1.54, 1.807) is 0 Å². The molecule has 1 unspecified atom stereocenters. The van der Waals surface area contributed by atoms with Crippen LogP contribution in [0.15, 0.2) is 36.8 Å². The van der Waals surface area contributed by atoms with Crippen LogP contribution in [0.2, 0.25) is 5.02 Å². The Labute approximate surface area is 124 Å². The number of imidazole rings is 1. The maximum absolute atomic E-state index is 6.13. The van der Waals surface area contributed by atoms with Gasteiger partial charge in [0.25, 0.3) is 0 Å². The van der Waals surface area contributed by atoms with E-state index in [0.29, 0.717) is 6.04 Å². The standard InChI is InChI=1S/C15H19ClN4/c1-19-11-18-8-14(19)10-20-6-5-17-9-15(20)12-3-2-4-13(16)7-12/h2-4,7-8,11,15,17H,5-6,9-10H2,1H3. The van der Waals surface area contributed by atoms with Crippen molar-refractivity contribution >= 4 is 11.6 Å². The van der Waals surface area contributed by atoms with Crippen LogP contribution in [0.3, 0.4) is 0 Å². The maximum atomic E-state index is 6.13. The summed E-state index contributed by atoms with van der Waals surface area (Å²) in [7, 11) is 2.04. The molecule has 1 aliphatic heterocycles. The van der Waals surface area contributed by atoms with E-state index in [1.807, 2.05) is 31.7 Å². The number of halogens is 1. The van der Waals surface area contributed by atoms with E-state index in [2.05, 4.69) is 31.9 Å². The normalized spacial score (nSPS) is 20.2. The molecule has 3 rings (SSSR count). The van der Waals surface area contributed by atoms with Crippen LogP contribution in [-0.2, 0) is 13.6 Å². The maximum Gasteiger partial charge on any atom is 0.0945 e. The first kappa shape index (κ1) is 13.6. The molecule has 0 spiro atoms. The number of nitrogens with zero attached hydrogens (tertiary/aromatic N) is 3. The van der Waals surface area contributed by atoms with E-state index >= 15 is 0 Å². The number of piperazine rings is 1. The first-order valence-electron chi connectivity index (χ1n) is 6.89. The van der Waals surface area contributed by atoms with E-state index in [-0.39, 0.29) is 0 Å². The SMILES string of the molecule is Cn1cncc1CN1CCNCC1c1cccc(Cl)c1. The molecule has 1 atom stereocenters. The summed E-state index contributed by atoms with van der Waals surface area (Å²) >= 11 is 6.13. The number of aromatic nitrogens is 2. The molecule has 2 aromatic rings. The zero-order valence-corrected chi connectivity index (χ0v) is 12.3. The zero-order chi connectivity index (χ0) is 13.9. The molecule has 20 heavy (non-hydrogen) atoms. The molecular formula is C15H19ClN4. The van der Waals surface area contributed by atoms with Crippen LogP contribution in [0.5, 0.6) is 0 Å². The average molecular weight is 291 g/mol. The van der Waals surface area contributed by atoms with E-state index in [9.17, 15) is 0 Å². The van der Waals surface area contributed by atoms with Gasteiger partial charge in [0, 0.05) is 50.5 Å². The van der Waals surface area contributed by atoms with Crippen LogP contribution in [0.25, 0.3) is 0 Å². The lowest BCUT2D eigenvalue weighted by Crippen LogP contribution is -2.45. The van der Waals surface area contributed by atoms with Crippen molar-refractivity contribution in [3.63, 3.8) is 0 Å². The monoisotopic (exact) mass is 290 g/mol. The van der Waals surface area contributed by atoms with E-state index in [1.165, 1.54) is 11.3 Å². The van der Waals surface area contributed by atoms with Gasteiger partial charge < -0.3 is 9.88 Å². The lowest BCUT2D eigenvalue weighted by molar-refractivity contribution is 0.150. The quantitative estimate of drug-likeness (QED) is 0.941. The number of rotatable bonds is 3. The van der Waals surface area contributed by atoms with Crippen LogP contribution in [0.4, 0.5) is 0 Å². The van der Waals surface area contributed by atoms with Crippen LogP contribution in [-0.4, -0.2) is 34.1 Å². The zero-order valence-electron chi connectivity index (χ0n) is 11.6. The Morgan fingerprint density at radius 3 is 3.10 bits per heavy atom. The highest BCUT2D eigenvalue weighted by Crippen LogP contribution is 2.25. The third kappa shape index (κ3) is 2.87. The van der Waals surface area contributed by atoms with Gasteiger partial charge in [0.1, 0.15) is 0 Å². The summed E-state index contributed by atoms with van der Waals surface area (Å²) in [6, 6.07) is 8.52. The summed E-state index contributed by atoms with van der Waals surface area (Å²) < 4.78 is 2.08. The topological polar surface area (TPSA) is 33.1 Å². The fraction of sp³-hybridized carbons (Fsp3) is 0.400. The summed E-state index contributed by atoms with van der Waals surface area (Å²) in [5.74, 6) is 0. The third-order valence-electron chi connectivity index (χ3n) is 3.87. The van der Waals surface area contributed by atoms with Gasteiger partial charge in [0.15, 0.2) is 0 Å². The molecular weight excluding hydrogens is 272 g/mol. The van der Waals surface area contributed by atoms with Crippen molar-refractivity contribution in [2.45, 2.75) is 12.6 Å². The lowest BCUT2D eigenvalue weighted by Gasteiger charge is -2.36. The number of benzene rings is 1. The number of hydrogen-bond donors (Lipinski definition) is 1. The Balaban J connectivity index is 1.82. The molecule has 0 bridgehead atoms. The van der Waals surface area contributed by atoms with Gasteiger partial charge in [-0.2, -0.15) is 0 Å².